The monoisotopic (exact) mass is 328 g/mol. The average molecular weight is 328 g/mol. The number of anilines is 2. The quantitative estimate of drug-likeness (QED) is 0.935. The van der Waals surface area contributed by atoms with Crippen LogP contribution in [0.3, 0.4) is 0 Å². The van der Waals surface area contributed by atoms with E-state index in [1.807, 2.05) is 34.7 Å². The first kappa shape index (κ1) is 16.4. The lowest BCUT2D eigenvalue weighted by Crippen LogP contribution is -2.23. The third-order valence-electron chi connectivity index (χ3n) is 4.62. The molecule has 1 aliphatic heterocycles. The third kappa shape index (κ3) is 2.86. The van der Waals surface area contributed by atoms with Gasteiger partial charge in [-0.25, -0.2) is 9.97 Å². The molecule has 0 bridgehead atoms. The summed E-state index contributed by atoms with van der Waals surface area (Å²) in [6, 6.07) is 0. The van der Waals surface area contributed by atoms with Crippen molar-refractivity contribution in [2.75, 3.05) is 23.3 Å². The molecular weight excluding hydrogens is 304 g/mol. The van der Waals surface area contributed by atoms with Gasteiger partial charge in [0.2, 0.25) is 5.95 Å². The Hall–Kier alpha value is -2.44. The predicted octanol–water partition coefficient (Wildman–Crippen LogP) is 2.30. The molecule has 3 rings (SSSR count). The van der Waals surface area contributed by atoms with Gasteiger partial charge in [-0.2, -0.15) is 5.10 Å². The Bertz CT molecular complexity index is 766. The Morgan fingerprint density at radius 3 is 2.08 bits per heavy atom. The van der Waals surface area contributed by atoms with Gasteiger partial charge in [-0.1, -0.05) is 0 Å². The van der Waals surface area contributed by atoms with E-state index in [2.05, 4.69) is 25.3 Å². The minimum Gasteiger partial charge on any atom is -0.341 e. The van der Waals surface area contributed by atoms with Gasteiger partial charge in [0.05, 0.1) is 28.3 Å². The van der Waals surface area contributed by atoms with Crippen LogP contribution in [0.25, 0.3) is 0 Å². The van der Waals surface area contributed by atoms with Crippen LogP contribution in [0.4, 0.5) is 11.6 Å². The van der Waals surface area contributed by atoms with Gasteiger partial charge in [0, 0.05) is 25.8 Å². The van der Waals surface area contributed by atoms with Crippen molar-refractivity contribution < 1.29 is 4.79 Å². The zero-order valence-electron chi connectivity index (χ0n) is 15.0. The summed E-state index contributed by atoms with van der Waals surface area (Å²) in [5, 5.41) is 7.27. The molecule has 1 N–H and O–H groups in total. The first-order chi connectivity index (χ1) is 11.4. The SMILES string of the molecule is Cc1nc(N2CCCC2)nc(C)c1NC(=O)c1c(C)nn(C)c1C. The standard InChI is InChI=1S/C17H24N6O/c1-10-14(13(4)22(5)21-10)16(24)20-15-11(2)18-17(19-12(15)3)23-8-6-7-9-23/h6-9H2,1-5H3,(H,20,24). The van der Waals surface area contributed by atoms with Crippen LogP contribution in [0.1, 0.15) is 46.0 Å². The van der Waals surface area contributed by atoms with Crippen molar-refractivity contribution in [2.24, 2.45) is 7.05 Å². The number of nitrogens with zero attached hydrogens (tertiary/aromatic N) is 5. The van der Waals surface area contributed by atoms with E-state index >= 15 is 0 Å². The van der Waals surface area contributed by atoms with Crippen LogP contribution in [0.5, 0.6) is 0 Å². The molecule has 1 amide bonds. The van der Waals surface area contributed by atoms with Crippen LogP contribution in [0.15, 0.2) is 0 Å². The molecule has 1 saturated heterocycles. The van der Waals surface area contributed by atoms with Crippen LogP contribution >= 0.6 is 0 Å². The topological polar surface area (TPSA) is 75.9 Å². The molecule has 0 atom stereocenters. The highest BCUT2D eigenvalue weighted by Gasteiger charge is 2.21. The van der Waals surface area contributed by atoms with Crippen molar-refractivity contribution in [3.05, 3.63) is 28.3 Å². The summed E-state index contributed by atoms with van der Waals surface area (Å²) >= 11 is 0. The Balaban J connectivity index is 1.88. The number of carbonyl (C=O) groups excluding carboxylic acids is 1. The van der Waals surface area contributed by atoms with Gasteiger partial charge in [0.15, 0.2) is 0 Å². The van der Waals surface area contributed by atoms with Crippen molar-refractivity contribution in [2.45, 2.75) is 40.5 Å². The molecule has 1 aliphatic rings. The predicted molar refractivity (Wildman–Crippen MR) is 93.6 cm³/mol. The van der Waals surface area contributed by atoms with E-state index in [1.54, 1.807) is 4.68 Å². The molecule has 1 fully saturated rings. The molecule has 0 aliphatic carbocycles. The Morgan fingerprint density at radius 2 is 1.58 bits per heavy atom. The van der Waals surface area contributed by atoms with Crippen LogP contribution in [-0.4, -0.2) is 38.7 Å². The molecule has 24 heavy (non-hydrogen) atoms. The lowest BCUT2D eigenvalue weighted by molar-refractivity contribution is 0.102. The number of hydrogen-bond acceptors (Lipinski definition) is 5. The van der Waals surface area contributed by atoms with Crippen molar-refractivity contribution >= 4 is 17.5 Å². The van der Waals surface area contributed by atoms with Crippen molar-refractivity contribution in [1.82, 2.24) is 19.7 Å². The van der Waals surface area contributed by atoms with Gasteiger partial charge in [-0.3, -0.25) is 9.48 Å². The fraction of sp³-hybridized carbons (Fsp3) is 0.529. The molecule has 0 unspecified atom stereocenters. The normalized spacial score (nSPS) is 14.3. The number of amides is 1. The molecule has 0 aromatic carbocycles. The van der Waals surface area contributed by atoms with Gasteiger partial charge in [0.1, 0.15) is 0 Å². The summed E-state index contributed by atoms with van der Waals surface area (Å²) in [7, 11) is 1.84. The summed E-state index contributed by atoms with van der Waals surface area (Å²) in [5.41, 5.74) is 4.44. The Labute approximate surface area is 142 Å². The minimum absolute atomic E-state index is 0.165. The molecule has 128 valence electrons. The Morgan fingerprint density at radius 1 is 1.00 bits per heavy atom. The van der Waals surface area contributed by atoms with Gasteiger partial charge in [-0.15, -0.1) is 0 Å². The highest BCUT2D eigenvalue weighted by atomic mass is 16.1. The smallest absolute Gasteiger partial charge is 0.259 e. The fourth-order valence-corrected chi connectivity index (χ4v) is 3.22. The molecule has 7 heteroatoms. The summed E-state index contributed by atoms with van der Waals surface area (Å²) < 4.78 is 1.72. The van der Waals surface area contributed by atoms with Crippen molar-refractivity contribution in [3.63, 3.8) is 0 Å². The van der Waals surface area contributed by atoms with E-state index in [4.69, 9.17) is 0 Å². The van der Waals surface area contributed by atoms with Gasteiger partial charge in [0.25, 0.3) is 5.91 Å². The molecular formula is C17H24N6O. The zero-order chi connectivity index (χ0) is 17.4. The van der Waals surface area contributed by atoms with E-state index < -0.39 is 0 Å². The van der Waals surface area contributed by atoms with Crippen LogP contribution < -0.4 is 10.2 Å². The maximum absolute atomic E-state index is 12.7. The molecule has 7 nitrogen and oxygen atoms in total. The minimum atomic E-state index is -0.165. The number of hydrogen-bond donors (Lipinski definition) is 1. The lowest BCUT2D eigenvalue weighted by Gasteiger charge is -2.18. The zero-order valence-corrected chi connectivity index (χ0v) is 15.0. The highest BCUT2D eigenvalue weighted by Crippen LogP contribution is 2.24. The van der Waals surface area contributed by atoms with Crippen molar-refractivity contribution in [3.8, 4) is 0 Å². The molecule has 2 aromatic rings. The number of aromatic nitrogens is 4. The maximum atomic E-state index is 12.7. The number of carbonyl (C=O) groups is 1. The first-order valence-corrected chi connectivity index (χ1v) is 8.30. The van der Waals surface area contributed by atoms with Crippen LogP contribution in [-0.2, 0) is 7.05 Å². The van der Waals surface area contributed by atoms with Gasteiger partial charge >= 0.3 is 0 Å². The summed E-state index contributed by atoms with van der Waals surface area (Å²) in [6.45, 7) is 9.55. The number of nitrogens with one attached hydrogen (secondary N) is 1. The largest absolute Gasteiger partial charge is 0.341 e. The molecule has 0 spiro atoms. The van der Waals surface area contributed by atoms with E-state index in [1.165, 1.54) is 12.8 Å². The highest BCUT2D eigenvalue weighted by molar-refractivity contribution is 6.06. The maximum Gasteiger partial charge on any atom is 0.259 e. The lowest BCUT2D eigenvalue weighted by atomic mass is 10.1. The second-order valence-electron chi connectivity index (χ2n) is 6.39. The van der Waals surface area contributed by atoms with E-state index in [9.17, 15) is 4.79 Å². The summed E-state index contributed by atoms with van der Waals surface area (Å²) in [6.07, 6.45) is 2.36. The van der Waals surface area contributed by atoms with Gasteiger partial charge in [-0.05, 0) is 40.5 Å². The molecule has 3 heterocycles. The molecule has 0 saturated carbocycles. The van der Waals surface area contributed by atoms with E-state index in [-0.39, 0.29) is 5.91 Å². The molecule has 0 radical (unpaired) electrons. The average Bonchev–Trinajstić information content (AvgIpc) is 3.12. The van der Waals surface area contributed by atoms with Gasteiger partial charge < -0.3 is 10.2 Å². The summed E-state index contributed by atoms with van der Waals surface area (Å²) in [5.74, 6) is 0.594. The van der Waals surface area contributed by atoms with Crippen LogP contribution in [0.2, 0.25) is 0 Å². The van der Waals surface area contributed by atoms with E-state index in [0.29, 0.717) is 11.3 Å². The second kappa shape index (κ2) is 6.22. The van der Waals surface area contributed by atoms with E-state index in [0.717, 1.165) is 41.8 Å². The fourth-order valence-electron chi connectivity index (χ4n) is 3.22. The first-order valence-electron chi connectivity index (χ1n) is 8.30. The molecule has 2 aromatic heterocycles. The number of aryl methyl sites for hydroxylation is 4. The summed E-state index contributed by atoms with van der Waals surface area (Å²) in [4.78, 5) is 24.1. The second-order valence-corrected chi connectivity index (χ2v) is 6.39. The third-order valence-corrected chi connectivity index (χ3v) is 4.62. The Kier molecular flexibility index (Phi) is 4.26. The van der Waals surface area contributed by atoms with Crippen LogP contribution in [0, 0.1) is 27.7 Å². The number of rotatable bonds is 3. The van der Waals surface area contributed by atoms with Crippen molar-refractivity contribution in [1.29, 1.82) is 0 Å².